The van der Waals surface area contributed by atoms with Crippen molar-refractivity contribution < 1.29 is 9.90 Å². The number of anilines is 1. The molecule has 92 valence electrons. The van der Waals surface area contributed by atoms with E-state index in [9.17, 15) is 4.79 Å². The summed E-state index contributed by atoms with van der Waals surface area (Å²) in [4.78, 5) is 15.2. The van der Waals surface area contributed by atoms with Crippen LogP contribution in [0.3, 0.4) is 0 Å². The van der Waals surface area contributed by atoms with Gasteiger partial charge in [0.25, 0.3) is 0 Å². The Morgan fingerprint density at radius 3 is 2.94 bits per heavy atom. The van der Waals surface area contributed by atoms with Crippen LogP contribution in [0.2, 0.25) is 0 Å². The molecule has 2 aromatic heterocycles. The zero-order valence-corrected chi connectivity index (χ0v) is 9.58. The molecule has 2 aromatic rings. The normalized spacial score (nSPS) is 14.7. The summed E-state index contributed by atoms with van der Waals surface area (Å²) in [5.74, 6) is -0.245. The second-order valence-electron chi connectivity index (χ2n) is 4.40. The SMILES string of the molecule is Nc1cnc(-n2ccc(C3CC3)n2)c(C(=O)O)c1. The van der Waals surface area contributed by atoms with Gasteiger partial charge in [0.1, 0.15) is 5.56 Å². The van der Waals surface area contributed by atoms with Gasteiger partial charge in [-0.3, -0.25) is 0 Å². The van der Waals surface area contributed by atoms with Gasteiger partial charge in [-0.1, -0.05) is 0 Å². The van der Waals surface area contributed by atoms with E-state index in [0.29, 0.717) is 17.4 Å². The molecule has 1 fully saturated rings. The summed E-state index contributed by atoms with van der Waals surface area (Å²) >= 11 is 0. The lowest BCUT2D eigenvalue weighted by Crippen LogP contribution is -2.09. The highest BCUT2D eigenvalue weighted by atomic mass is 16.4. The lowest BCUT2D eigenvalue weighted by Gasteiger charge is -2.05. The number of carboxylic acid groups (broad SMARTS) is 1. The fourth-order valence-electron chi connectivity index (χ4n) is 1.87. The lowest BCUT2D eigenvalue weighted by molar-refractivity contribution is 0.0696. The summed E-state index contributed by atoms with van der Waals surface area (Å²) in [5.41, 5.74) is 6.92. The van der Waals surface area contributed by atoms with Crippen molar-refractivity contribution in [2.75, 3.05) is 5.73 Å². The first-order valence-corrected chi connectivity index (χ1v) is 5.70. The van der Waals surface area contributed by atoms with E-state index in [2.05, 4.69) is 10.1 Å². The van der Waals surface area contributed by atoms with Crippen LogP contribution in [-0.2, 0) is 0 Å². The number of hydrogen-bond acceptors (Lipinski definition) is 4. The molecule has 0 spiro atoms. The van der Waals surface area contributed by atoms with E-state index in [-0.39, 0.29) is 5.56 Å². The Kier molecular flexibility index (Phi) is 2.29. The zero-order chi connectivity index (χ0) is 12.7. The molecule has 6 heteroatoms. The van der Waals surface area contributed by atoms with Gasteiger partial charge in [0.15, 0.2) is 5.82 Å². The van der Waals surface area contributed by atoms with Crippen LogP contribution in [0.4, 0.5) is 5.69 Å². The summed E-state index contributed by atoms with van der Waals surface area (Å²) in [7, 11) is 0. The van der Waals surface area contributed by atoms with E-state index >= 15 is 0 Å². The van der Waals surface area contributed by atoms with E-state index in [1.807, 2.05) is 6.07 Å². The number of rotatable bonds is 3. The van der Waals surface area contributed by atoms with Crippen LogP contribution in [0.5, 0.6) is 0 Å². The van der Waals surface area contributed by atoms with Crippen molar-refractivity contribution in [3.63, 3.8) is 0 Å². The molecule has 18 heavy (non-hydrogen) atoms. The Hall–Kier alpha value is -2.37. The number of nitrogen functional groups attached to an aromatic ring is 1. The number of hydrogen-bond donors (Lipinski definition) is 2. The number of carboxylic acids is 1. The second kappa shape index (κ2) is 3.83. The van der Waals surface area contributed by atoms with Crippen LogP contribution in [0.25, 0.3) is 5.82 Å². The molecule has 0 bridgehead atoms. The molecule has 0 aliphatic heterocycles. The number of aromatic carboxylic acids is 1. The van der Waals surface area contributed by atoms with E-state index in [1.165, 1.54) is 16.9 Å². The van der Waals surface area contributed by atoms with Crippen molar-refractivity contribution in [2.45, 2.75) is 18.8 Å². The largest absolute Gasteiger partial charge is 0.478 e. The maximum Gasteiger partial charge on any atom is 0.339 e. The average Bonchev–Trinajstić information content (AvgIpc) is 3.08. The molecular weight excluding hydrogens is 232 g/mol. The van der Waals surface area contributed by atoms with Crippen molar-refractivity contribution in [3.8, 4) is 5.82 Å². The molecule has 2 heterocycles. The number of pyridine rings is 1. The van der Waals surface area contributed by atoms with E-state index in [4.69, 9.17) is 10.8 Å². The highest BCUT2D eigenvalue weighted by Gasteiger charge is 2.26. The quantitative estimate of drug-likeness (QED) is 0.851. The molecule has 3 rings (SSSR count). The fraction of sp³-hybridized carbons (Fsp3) is 0.250. The predicted octanol–water partition coefficient (Wildman–Crippen LogP) is 1.43. The molecule has 1 aliphatic carbocycles. The summed E-state index contributed by atoms with van der Waals surface area (Å²) in [6.45, 7) is 0. The predicted molar refractivity (Wildman–Crippen MR) is 64.7 cm³/mol. The van der Waals surface area contributed by atoms with Gasteiger partial charge in [0.05, 0.1) is 17.6 Å². The Balaban J connectivity index is 2.06. The standard InChI is InChI=1S/C12H12N4O2/c13-8-5-9(12(17)18)11(14-6-8)16-4-3-10(15-16)7-1-2-7/h3-7H,1-2,13H2,(H,17,18). The Morgan fingerprint density at radius 1 is 1.50 bits per heavy atom. The highest BCUT2D eigenvalue weighted by Crippen LogP contribution is 2.39. The van der Waals surface area contributed by atoms with Crippen LogP contribution in [-0.4, -0.2) is 25.8 Å². The third-order valence-electron chi connectivity index (χ3n) is 2.94. The van der Waals surface area contributed by atoms with Gasteiger partial charge in [0.2, 0.25) is 0 Å². The molecule has 6 nitrogen and oxygen atoms in total. The molecule has 0 amide bonds. The highest BCUT2D eigenvalue weighted by molar-refractivity contribution is 5.92. The molecule has 3 N–H and O–H groups in total. The van der Waals surface area contributed by atoms with Gasteiger partial charge in [0, 0.05) is 12.1 Å². The van der Waals surface area contributed by atoms with E-state index in [1.54, 1.807) is 6.20 Å². The minimum Gasteiger partial charge on any atom is -0.478 e. The topological polar surface area (TPSA) is 94.0 Å². The molecule has 0 radical (unpaired) electrons. The van der Waals surface area contributed by atoms with Crippen LogP contribution in [0, 0.1) is 0 Å². The Bertz CT molecular complexity index is 616. The van der Waals surface area contributed by atoms with Crippen LogP contribution in [0.1, 0.15) is 34.8 Å². The lowest BCUT2D eigenvalue weighted by atomic mass is 10.2. The van der Waals surface area contributed by atoms with Crippen LogP contribution in [0.15, 0.2) is 24.5 Å². The minimum atomic E-state index is -1.06. The van der Waals surface area contributed by atoms with Gasteiger partial charge in [-0.05, 0) is 25.0 Å². The fourth-order valence-corrected chi connectivity index (χ4v) is 1.87. The second-order valence-corrected chi connectivity index (χ2v) is 4.40. The smallest absolute Gasteiger partial charge is 0.339 e. The molecular formula is C12H12N4O2. The van der Waals surface area contributed by atoms with E-state index in [0.717, 1.165) is 18.5 Å². The average molecular weight is 244 g/mol. The number of aromatic nitrogens is 3. The Morgan fingerprint density at radius 2 is 2.28 bits per heavy atom. The van der Waals surface area contributed by atoms with Gasteiger partial charge >= 0.3 is 5.97 Å². The van der Waals surface area contributed by atoms with Crippen LogP contribution >= 0.6 is 0 Å². The molecule has 0 aromatic carbocycles. The summed E-state index contributed by atoms with van der Waals surface area (Å²) in [6.07, 6.45) is 5.47. The van der Waals surface area contributed by atoms with Crippen molar-refractivity contribution in [3.05, 3.63) is 35.8 Å². The summed E-state index contributed by atoms with van der Waals surface area (Å²) in [6, 6.07) is 3.30. The van der Waals surface area contributed by atoms with Gasteiger partial charge in [-0.2, -0.15) is 5.10 Å². The molecule has 0 unspecified atom stereocenters. The molecule has 0 atom stereocenters. The van der Waals surface area contributed by atoms with Crippen molar-refractivity contribution in [1.82, 2.24) is 14.8 Å². The third-order valence-corrected chi connectivity index (χ3v) is 2.94. The molecule has 0 saturated heterocycles. The maximum atomic E-state index is 11.2. The third kappa shape index (κ3) is 1.81. The maximum absolute atomic E-state index is 11.2. The van der Waals surface area contributed by atoms with Gasteiger partial charge in [-0.25, -0.2) is 14.5 Å². The van der Waals surface area contributed by atoms with Crippen molar-refractivity contribution >= 4 is 11.7 Å². The number of nitrogens with zero attached hydrogens (tertiary/aromatic N) is 3. The summed E-state index contributed by atoms with van der Waals surface area (Å²) < 4.78 is 1.50. The minimum absolute atomic E-state index is 0.0560. The first-order valence-electron chi connectivity index (χ1n) is 5.70. The van der Waals surface area contributed by atoms with Crippen molar-refractivity contribution in [2.24, 2.45) is 0 Å². The monoisotopic (exact) mass is 244 g/mol. The number of carbonyl (C=O) groups is 1. The first-order chi connectivity index (χ1) is 8.65. The van der Waals surface area contributed by atoms with Gasteiger partial charge < -0.3 is 10.8 Å². The zero-order valence-electron chi connectivity index (χ0n) is 9.58. The van der Waals surface area contributed by atoms with Crippen molar-refractivity contribution in [1.29, 1.82) is 0 Å². The van der Waals surface area contributed by atoms with E-state index < -0.39 is 5.97 Å². The summed E-state index contributed by atoms with van der Waals surface area (Å²) in [5, 5.41) is 13.5. The number of nitrogens with two attached hydrogens (primary N) is 1. The molecule has 1 saturated carbocycles. The first kappa shape index (κ1) is 10.8. The van der Waals surface area contributed by atoms with Crippen LogP contribution < -0.4 is 5.73 Å². The van der Waals surface area contributed by atoms with Gasteiger partial charge in [-0.15, -0.1) is 0 Å². The Labute approximate surface area is 103 Å². The molecule has 1 aliphatic rings.